The molecule has 1 aromatic heterocycles. The Balaban J connectivity index is 2.37. The first-order valence-corrected chi connectivity index (χ1v) is 7.06. The summed E-state index contributed by atoms with van der Waals surface area (Å²) in [5.74, 6) is 5.59. The highest BCUT2D eigenvalue weighted by molar-refractivity contribution is 7.99. The van der Waals surface area contributed by atoms with E-state index < -0.39 is 10.9 Å². The van der Waals surface area contributed by atoms with Gasteiger partial charge >= 0.3 is 5.97 Å². The van der Waals surface area contributed by atoms with Gasteiger partial charge in [0.05, 0.1) is 22.0 Å². The van der Waals surface area contributed by atoms with E-state index in [-0.39, 0.29) is 17.9 Å². The number of nitro benzene ring substituents is 1. The summed E-state index contributed by atoms with van der Waals surface area (Å²) in [5, 5.41) is 19.1. The first-order chi connectivity index (χ1) is 10.4. The fourth-order valence-electron chi connectivity index (χ4n) is 1.61. The second-order valence-electron chi connectivity index (χ2n) is 4.16. The molecule has 0 aliphatic heterocycles. The number of carbonyl (C=O) groups is 1. The minimum atomic E-state index is -0.611. The van der Waals surface area contributed by atoms with Crippen molar-refractivity contribution in [2.24, 2.45) is 0 Å². The number of hydrogen-bond donors (Lipinski definition) is 1. The Hall–Kier alpha value is -2.62. The summed E-state index contributed by atoms with van der Waals surface area (Å²) in [4.78, 5) is 22.6. The molecular formula is C12H13N5O4S. The first kappa shape index (κ1) is 15.8. The van der Waals surface area contributed by atoms with Crippen molar-refractivity contribution in [3.8, 4) is 0 Å². The van der Waals surface area contributed by atoms with Gasteiger partial charge in [-0.1, -0.05) is 0 Å². The number of nitrogens with zero attached hydrogens (tertiary/aromatic N) is 4. The molecule has 2 aromatic rings. The molecule has 2 rings (SSSR count). The number of nitro groups is 1. The van der Waals surface area contributed by atoms with Crippen LogP contribution in [0.2, 0.25) is 0 Å². The minimum Gasteiger partial charge on any atom is -0.462 e. The summed E-state index contributed by atoms with van der Waals surface area (Å²) in [6.07, 6.45) is 0. The number of carbonyl (C=O) groups excluding carboxylic acids is 1. The third-order valence-corrected chi connectivity index (χ3v) is 3.73. The highest BCUT2D eigenvalue weighted by Gasteiger charge is 2.21. The van der Waals surface area contributed by atoms with Gasteiger partial charge in [0.1, 0.15) is 5.82 Å². The van der Waals surface area contributed by atoms with Crippen molar-refractivity contribution in [3.05, 3.63) is 39.7 Å². The predicted octanol–water partition coefficient (Wildman–Crippen LogP) is 1.54. The van der Waals surface area contributed by atoms with E-state index in [1.165, 1.54) is 22.9 Å². The van der Waals surface area contributed by atoms with Crippen LogP contribution in [-0.4, -0.2) is 32.4 Å². The molecule has 9 nitrogen and oxygen atoms in total. The first-order valence-electron chi connectivity index (χ1n) is 6.24. The number of nitrogen functional groups attached to an aromatic ring is 1. The van der Waals surface area contributed by atoms with Crippen LogP contribution in [0, 0.1) is 17.0 Å². The lowest BCUT2D eigenvalue weighted by molar-refractivity contribution is -0.387. The quantitative estimate of drug-likeness (QED) is 0.380. The zero-order chi connectivity index (χ0) is 16.3. The summed E-state index contributed by atoms with van der Waals surface area (Å²) in [7, 11) is 0. The molecule has 0 amide bonds. The predicted molar refractivity (Wildman–Crippen MR) is 78.1 cm³/mol. The number of esters is 1. The standard InChI is InChI=1S/C12H13N5O4S/c1-3-21-11(18)8-4-5-10(9(6-8)17(19)20)22-12-15-14-7(2)16(12)13/h4-6H,3,13H2,1-2H3. The molecule has 116 valence electrons. The third kappa shape index (κ3) is 3.17. The number of rotatable bonds is 5. The Labute approximate surface area is 129 Å². The summed E-state index contributed by atoms with van der Waals surface area (Å²) in [6, 6.07) is 4.08. The van der Waals surface area contributed by atoms with Crippen molar-refractivity contribution in [2.45, 2.75) is 23.9 Å². The molecule has 1 aromatic carbocycles. The molecule has 22 heavy (non-hydrogen) atoms. The molecule has 0 unspecified atom stereocenters. The van der Waals surface area contributed by atoms with Crippen LogP contribution in [0.25, 0.3) is 0 Å². The molecule has 0 aliphatic rings. The van der Waals surface area contributed by atoms with Gasteiger partial charge in [0.15, 0.2) is 0 Å². The Bertz CT molecular complexity index is 730. The number of benzene rings is 1. The van der Waals surface area contributed by atoms with Crippen LogP contribution >= 0.6 is 11.8 Å². The monoisotopic (exact) mass is 323 g/mol. The van der Waals surface area contributed by atoms with Gasteiger partial charge in [-0.3, -0.25) is 10.1 Å². The van der Waals surface area contributed by atoms with E-state index >= 15 is 0 Å². The van der Waals surface area contributed by atoms with E-state index in [9.17, 15) is 14.9 Å². The van der Waals surface area contributed by atoms with Gasteiger partial charge in [0.2, 0.25) is 5.16 Å². The van der Waals surface area contributed by atoms with E-state index in [0.29, 0.717) is 15.9 Å². The van der Waals surface area contributed by atoms with Gasteiger partial charge in [-0.15, -0.1) is 10.2 Å². The van der Waals surface area contributed by atoms with Crippen molar-refractivity contribution >= 4 is 23.4 Å². The van der Waals surface area contributed by atoms with Crippen LogP contribution in [0.5, 0.6) is 0 Å². The second-order valence-corrected chi connectivity index (χ2v) is 5.17. The van der Waals surface area contributed by atoms with E-state index in [4.69, 9.17) is 10.6 Å². The van der Waals surface area contributed by atoms with Crippen LogP contribution in [-0.2, 0) is 4.74 Å². The SMILES string of the molecule is CCOC(=O)c1ccc(Sc2nnc(C)n2N)c([N+](=O)[O-])c1. The largest absolute Gasteiger partial charge is 0.462 e. The molecule has 0 aliphatic carbocycles. The van der Waals surface area contributed by atoms with E-state index in [2.05, 4.69) is 10.2 Å². The number of nitrogens with two attached hydrogens (primary N) is 1. The summed E-state index contributed by atoms with van der Waals surface area (Å²) in [5.41, 5.74) is -0.112. The van der Waals surface area contributed by atoms with Gasteiger partial charge < -0.3 is 10.6 Å². The molecule has 2 N–H and O–H groups in total. The third-order valence-electron chi connectivity index (χ3n) is 2.70. The van der Waals surface area contributed by atoms with Crippen molar-refractivity contribution < 1.29 is 14.5 Å². The average molecular weight is 323 g/mol. The van der Waals surface area contributed by atoms with Crippen LogP contribution in [0.4, 0.5) is 5.69 Å². The Morgan fingerprint density at radius 1 is 1.50 bits per heavy atom. The van der Waals surface area contributed by atoms with Crippen LogP contribution in [0.1, 0.15) is 23.1 Å². The summed E-state index contributed by atoms with van der Waals surface area (Å²) < 4.78 is 6.06. The van der Waals surface area contributed by atoms with Gasteiger partial charge in [-0.2, -0.15) is 0 Å². The van der Waals surface area contributed by atoms with E-state index in [1.54, 1.807) is 13.8 Å². The lowest BCUT2D eigenvalue weighted by Gasteiger charge is -2.05. The average Bonchev–Trinajstić information content (AvgIpc) is 2.79. The van der Waals surface area contributed by atoms with E-state index in [0.717, 1.165) is 11.8 Å². The maximum atomic E-state index is 11.6. The van der Waals surface area contributed by atoms with Crippen LogP contribution in [0.15, 0.2) is 28.3 Å². The lowest BCUT2D eigenvalue weighted by atomic mass is 10.2. The molecular weight excluding hydrogens is 310 g/mol. The van der Waals surface area contributed by atoms with Gasteiger partial charge in [0, 0.05) is 6.07 Å². The zero-order valence-corrected chi connectivity index (χ0v) is 12.7. The molecule has 0 spiro atoms. The number of hydrogen-bond acceptors (Lipinski definition) is 8. The number of ether oxygens (including phenoxy) is 1. The van der Waals surface area contributed by atoms with Crippen molar-refractivity contribution in [1.29, 1.82) is 0 Å². The highest BCUT2D eigenvalue weighted by atomic mass is 32.2. The molecule has 0 saturated carbocycles. The van der Waals surface area contributed by atoms with Crippen LogP contribution in [0.3, 0.4) is 0 Å². The van der Waals surface area contributed by atoms with Gasteiger partial charge in [-0.25, -0.2) is 9.47 Å². The Kier molecular flexibility index (Phi) is 4.61. The molecule has 0 radical (unpaired) electrons. The second kappa shape index (κ2) is 6.43. The van der Waals surface area contributed by atoms with E-state index in [1.807, 2.05) is 0 Å². The van der Waals surface area contributed by atoms with Gasteiger partial charge in [-0.05, 0) is 37.7 Å². The van der Waals surface area contributed by atoms with Crippen molar-refractivity contribution in [3.63, 3.8) is 0 Å². The maximum absolute atomic E-state index is 11.6. The Morgan fingerprint density at radius 3 is 2.77 bits per heavy atom. The van der Waals surface area contributed by atoms with Crippen molar-refractivity contribution in [2.75, 3.05) is 12.4 Å². The Morgan fingerprint density at radius 2 is 2.23 bits per heavy atom. The molecule has 0 fully saturated rings. The molecule has 1 heterocycles. The smallest absolute Gasteiger partial charge is 0.338 e. The molecule has 0 atom stereocenters. The highest BCUT2D eigenvalue weighted by Crippen LogP contribution is 2.34. The fourth-order valence-corrected chi connectivity index (χ4v) is 2.49. The van der Waals surface area contributed by atoms with Crippen LogP contribution < -0.4 is 5.84 Å². The lowest BCUT2D eigenvalue weighted by Crippen LogP contribution is -2.11. The van der Waals surface area contributed by atoms with Gasteiger partial charge in [0.25, 0.3) is 5.69 Å². The normalized spacial score (nSPS) is 10.5. The minimum absolute atomic E-state index is 0.114. The maximum Gasteiger partial charge on any atom is 0.338 e. The number of aryl methyl sites for hydroxylation is 1. The summed E-state index contributed by atoms with van der Waals surface area (Å²) in [6.45, 7) is 3.51. The molecule has 0 saturated heterocycles. The molecule has 10 heteroatoms. The van der Waals surface area contributed by atoms with Crippen molar-refractivity contribution in [1.82, 2.24) is 14.9 Å². The number of aromatic nitrogens is 3. The fraction of sp³-hybridized carbons (Fsp3) is 0.250. The topological polar surface area (TPSA) is 126 Å². The summed E-state index contributed by atoms with van der Waals surface area (Å²) >= 11 is 0.994. The zero-order valence-electron chi connectivity index (χ0n) is 11.8. The molecule has 0 bridgehead atoms.